The molecule has 0 saturated heterocycles. The van der Waals surface area contributed by atoms with Gasteiger partial charge in [-0.3, -0.25) is 4.79 Å². The number of anilines is 2. The van der Waals surface area contributed by atoms with Gasteiger partial charge in [-0.15, -0.1) is 0 Å². The van der Waals surface area contributed by atoms with Gasteiger partial charge < -0.3 is 15.0 Å². The van der Waals surface area contributed by atoms with Gasteiger partial charge in [-0.25, -0.2) is 4.98 Å². The lowest BCUT2D eigenvalue weighted by atomic mass is 10.2. The fourth-order valence-corrected chi connectivity index (χ4v) is 2.77. The molecule has 1 amide bonds. The predicted octanol–water partition coefficient (Wildman–Crippen LogP) is 4.50. The highest BCUT2D eigenvalue weighted by Crippen LogP contribution is 2.27. The normalized spacial score (nSPS) is 10.3. The van der Waals surface area contributed by atoms with Crippen LogP contribution in [0.1, 0.15) is 22.8 Å². The van der Waals surface area contributed by atoms with Gasteiger partial charge in [0, 0.05) is 25.4 Å². The molecule has 0 radical (unpaired) electrons. The number of rotatable bonds is 7. The van der Waals surface area contributed by atoms with Crippen LogP contribution in [0, 0.1) is 0 Å². The number of benzene rings is 2. The number of nitrogens with one attached hydrogen (secondary N) is 1. The van der Waals surface area contributed by atoms with Crippen LogP contribution in [0.15, 0.2) is 72.9 Å². The lowest BCUT2D eigenvalue weighted by molar-refractivity contribution is 0.0785. The van der Waals surface area contributed by atoms with Gasteiger partial charge in [-0.1, -0.05) is 42.5 Å². The van der Waals surface area contributed by atoms with E-state index < -0.39 is 0 Å². The van der Waals surface area contributed by atoms with Crippen LogP contribution in [0.3, 0.4) is 0 Å². The lowest BCUT2D eigenvalue weighted by Gasteiger charge is -2.18. The maximum Gasteiger partial charge on any atom is 0.254 e. The molecule has 1 heterocycles. The van der Waals surface area contributed by atoms with E-state index in [1.165, 1.54) is 0 Å². The number of aromatic nitrogens is 1. The van der Waals surface area contributed by atoms with E-state index in [1.54, 1.807) is 30.3 Å². The van der Waals surface area contributed by atoms with Crippen molar-refractivity contribution in [1.82, 2.24) is 9.88 Å². The Morgan fingerprint density at radius 3 is 2.59 bits per heavy atom. The number of hydrogen-bond acceptors (Lipinski definition) is 4. The van der Waals surface area contributed by atoms with Crippen LogP contribution in [0.2, 0.25) is 0 Å². The minimum Gasteiger partial charge on any atom is -0.492 e. The van der Waals surface area contributed by atoms with Crippen LogP contribution in [-0.4, -0.2) is 29.4 Å². The van der Waals surface area contributed by atoms with E-state index in [1.807, 2.05) is 61.5 Å². The molecule has 5 nitrogen and oxygen atoms in total. The average molecular weight is 361 g/mol. The second-order valence-electron chi connectivity index (χ2n) is 6.13. The molecule has 138 valence electrons. The van der Waals surface area contributed by atoms with E-state index in [9.17, 15) is 4.79 Å². The van der Waals surface area contributed by atoms with E-state index in [2.05, 4.69) is 10.3 Å². The van der Waals surface area contributed by atoms with Gasteiger partial charge in [0.2, 0.25) is 0 Å². The van der Waals surface area contributed by atoms with Crippen molar-refractivity contribution in [2.45, 2.75) is 13.5 Å². The summed E-state index contributed by atoms with van der Waals surface area (Å²) in [4.78, 5) is 18.8. The van der Waals surface area contributed by atoms with Gasteiger partial charge in [-0.2, -0.15) is 0 Å². The molecule has 0 bridgehead atoms. The maximum atomic E-state index is 12.8. The molecular formula is C22H23N3O2. The van der Waals surface area contributed by atoms with Crippen LogP contribution in [0.4, 0.5) is 11.5 Å². The van der Waals surface area contributed by atoms with Gasteiger partial charge in [0.05, 0.1) is 12.3 Å². The third-order valence-electron chi connectivity index (χ3n) is 4.07. The topological polar surface area (TPSA) is 54.5 Å². The average Bonchev–Trinajstić information content (AvgIpc) is 2.70. The molecule has 3 aromatic rings. The van der Waals surface area contributed by atoms with Crippen LogP contribution in [-0.2, 0) is 6.54 Å². The van der Waals surface area contributed by atoms with Crippen molar-refractivity contribution in [2.75, 3.05) is 19.0 Å². The highest BCUT2D eigenvalue weighted by molar-refractivity contribution is 5.94. The standard InChI is InChI=1S/C22H23N3O2/c1-3-27-20-12-8-7-11-19(20)24-21-15-18(13-14-23-21)22(26)25(2)16-17-9-5-4-6-10-17/h4-15H,3,16H2,1-2H3,(H,23,24). The molecule has 0 spiro atoms. The molecule has 0 aliphatic rings. The van der Waals surface area contributed by atoms with E-state index in [-0.39, 0.29) is 5.91 Å². The zero-order chi connectivity index (χ0) is 19.1. The monoisotopic (exact) mass is 361 g/mol. The zero-order valence-corrected chi connectivity index (χ0v) is 15.6. The summed E-state index contributed by atoms with van der Waals surface area (Å²) >= 11 is 0. The number of hydrogen-bond donors (Lipinski definition) is 1. The van der Waals surface area contributed by atoms with Crippen molar-refractivity contribution in [3.8, 4) is 5.75 Å². The molecule has 1 aromatic heterocycles. The molecule has 0 unspecified atom stereocenters. The second-order valence-corrected chi connectivity index (χ2v) is 6.13. The molecular weight excluding hydrogens is 338 g/mol. The summed E-state index contributed by atoms with van der Waals surface area (Å²) in [6.07, 6.45) is 1.63. The molecule has 0 aliphatic heterocycles. The zero-order valence-electron chi connectivity index (χ0n) is 15.6. The minimum atomic E-state index is -0.0533. The quantitative estimate of drug-likeness (QED) is 0.673. The van der Waals surface area contributed by atoms with E-state index in [0.717, 1.165) is 17.0 Å². The summed E-state index contributed by atoms with van der Waals surface area (Å²) in [6.45, 7) is 3.07. The van der Waals surface area contributed by atoms with Crippen molar-refractivity contribution in [3.63, 3.8) is 0 Å². The van der Waals surface area contributed by atoms with Crippen molar-refractivity contribution >= 4 is 17.4 Å². The Balaban J connectivity index is 1.74. The van der Waals surface area contributed by atoms with E-state index >= 15 is 0 Å². The van der Waals surface area contributed by atoms with Gasteiger partial charge in [-0.05, 0) is 36.8 Å². The SMILES string of the molecule is CCOc1ccccc1Nc1cc(C(=O)N(C)Cc2ccccc2)ccn1. The summed E-state index contributed by atoms with van der Waals surface area (Å²) in [6, 6.07) is 21.1. The minimum absolute atomic E-state index is 0.0533. The molecule has 0 saturated carbocycles. The largest absolute Gasteiger partial charge is 0.492 e. The Labute approximate surface area is 159 Å². The Bertz CT molecular complexity index is 897. The summed E-state index contributed by atoms with van der Waals surface area (Å²) in [7, 11) is 1.80. The van der Waals surface area contributed by atoms with Crippen molar-refractivity contribution in [2.24, 2.45) is 0 Å². The smallest absolute Gasteiger partial charge is 0.254 e. The first-order valence-electron chi connectivity index (χ1n) is 8.91. The van der Waals surface area contributed by atoms with Gasteiger partial charge >= 0.3 is 0 Å². The summed E-state index contributed by atoms with van der Waals surface area (Å²) in [5.41, 5.74) is 2.49. The summed E-state index contributed by atoms with van der Waals surface area (Å²) in [5, 5.41) is 3.23. The highest BCUT2D eigenvalue weighted by Gasteiger charge is 2.13. The number of amides is 1. The molecule has 0 atom stereocenters. The van der Waals surface area contributed by atoms with Crippen LogP contribution < -0.4 is 10.1 Å². The first-order chi connectivity index (χ1) is 13.2. The molecule has 2 aromatic carbocycles. The first kappa shape index (κ1) is 18.5. The number of para-hydroxylation sites is 2. The molecule has 27 heavy (non-hydrogen) atoms. The number of pyridine rings is 1. The molecule has 3 rings (SSSR count). The third kappa shape index (κ3) is 4.85. The van der Waals surface area contributed by atoms with E-state index in [4.69, 9.17) is 4.74 Å². The highest BCUT2D eigenvalue weighted by atomic mass is 16.5. The molecule has 5 heteroatoms. The van der Waals surface area contributed by atoms with Crippen molar-refractivity contribution in [3.05, 3.63) is 84.1 Å². The third-order valence-corrected chi connectivity index (χ3v) is 4.07. The second kappa shape index (κ2) is 8.85. The molecule has 0 fully saturated rings. The molecule has 1 N–H and O–H groups in total. The number of nitrogens with zero attached hydrogens (tertiary/aromatic N) is 2. The lowest BCUT2D eigenvalue weighted by Crippen LogP contribution is -2.26. The van der Waals surface area contributed by atoms with Gasteiger partial charge in [0.1, 0.15) is 11.6 Å². The number of carbonyl (C=O) groups excluding carboxylic acids is 1. The Hall–Kier alpha value is -3.34. The summed E-state index contributed by atoms with van der Waals surface area (Å²) < 4.78 is 5.63. The maximum absolute atomic E-state index is 12.8. The first-order valence-corrected chi connectivity index (χ1v) is 8.91. The van der Waals surface area contributed by atoms with E-state index in [0.29, 0.717) is 24.5 Å². The van der Waals surface area contributed by atoms with Crippen LogP contribution in [0.5, 0.6) is 5.75 Å². The fourth-order valence-electron chi connectivity index (χ4n) is 2.77. The fraction of sp³-hybridized carbons (Fsp3) is 0.182. The Morgan fingerprint density at radius 2 is 1.81 bits per heavy atom. The predicted molar refractivity (Wildman–Crippen MR) is 107 cm³/mol. The Kier molecular flexibility index (Phi) is 6.05. The number of ether oxygens (including phenoxy) is 1. The summed E-state index contributed by atoms with van der Waals surface area (Å²) in [5.74, 6) is 1.29. The Morgan fingerprint density at radius 1 is 1.07 bits per heavy atom. The van der Waals surface area contributed by atoms with Crippen LogP contribution >= 0.6 is 0 Å². The van der Waals surface area contributed by atoms with Crippen LogP contribution in [0.25, 0.3) is 0 Å². The van der Waals surface area contributed by atoms with Gasteiger partial charge in [0.25, 0.3) is 5.91 Å². The van der Waals surface area contributed by atoms with Crippen molar-refractivity contribution in [1.29, 1.82) is 0 Å². The molecule has 0 aliphatic carbocycles. The number of carbonyl (C=O) groups is 1. The van der Waals surface area contributed by atoms with Gasteiger partial charge in [0.15, 0.2) is 0 Å². The van der Waals surface area contributed by atoms with Crippen molar-refractivity contribution < 1.29 is 9.53 Å².